The summed E-state index contributed by atoms with van der Waals surface area (Å²) in [6.07, 6.45) is 6.25. The Labute approximate surface area is 271 Å². The van der Waals surface area contributed by atoms with Gasteiger partial charge in [-0.1, -0.05) is 41.4 Å². The molecule has 238 valence electrons. The van der Waals surface area contributed by atoms with Crippen LogP contribution in [0.2, 0.25) is 10.0 Å². The van der Waals surface area contributed by atoms with Crippen molar-refractivity contribution < 1.29 is 13.5 Å². The lowest BCUT2D eigenvalue weighted by Crippen LogP contribution is -2.43. The van der Waals surface area contributed by atoms with Gasteiger partial charge in [0, 0.05) is 58.5 Å². The van der Waals surface area contributed by atoms with Gasteiger partial charge in [0.2, 0.25) is 10.0 Å². The minimum atomic E-state index is -3.37. The predicted molar refractivity (Wildman–Crippen MR) is 177 cm³/mol. The maximum atomic E-state index is 12.5. The van der Waals surface area contributed by atoms with Gasteiger partial charge in [0.05, 0.1) is 24.6 Å². The molecular weight excluding hydrogens is 617 g/mol. The number of hydrogen-bond acceptors (Lipinski definition) is 6. The van der Waals surface area contributed by atoms with E-state index >= 15 is 0 Å². The first-order chi connectivity index (χ1) is 21.0. The maximum Gasteiger partial charge on any atom is 0.211 e. The number of hydrogen-bond donors (Lipinski definition) is 1. The van der Waals surface area contributed by atoms with E-state index in [-0.39, 0.29) is 6.54 Å². The summed E-state index contributed by atoms with van der Waals surface area (Å²) in [5.74, 6) is 1.64. The number of nitrogens with zero attached hydrogens (tertiary/aromatic N) is 5. The molecule has 0 amide bonds. The zero-order valence-corrected chi connectivity index (χ0v) is 28.0. The Morgan fingerprint density at radius 1 is 0.909 bits per heavy atom. The topological polar surface area (TPSA) is 81.9 Å². The zero-order chi connectivity index (χ0) is 31.0. The Balaban J connectivity index is 1.20. The lowest BCUT2D eigenvalue weighted by Gasteiger charge is -2.39. The summed E-state index contributed by atoms with van der Waals surface area (Å²) in [4.78, 5) is 4.83. The Morgan fingerprint density at radius 2 is 1.55 bits per heavy atom. The highest BCUT2D eigenvalue weighted by atomic mass is 35.5. The molecule has 3 aliphatic heterocycles. The number of aliphatic hydroxyl groups is 1. The molecule has 11 heteroatoms. The molecule has 1 N–H and O–H groups in total. The van der Waals surface area contributed by atoms with Crippen LogP contribution in [0.5, 0.6) is 0 Å². The number of sulfonamides is 1. The second-order valence-corrected chi connectivity index (χ2v) is 15.8. The van der Waals surface area contributed by atoms with Crippen molar-refractivity contribution in [2.45, 2.75) is 51.3 Å². The lowest BCUT2D eigenvalue weighted by atomic mass is 9.79. The number of halogens is 2. The monoisotopic (exact) mass is 659 g/mol. The van der Waals surface area contributed by atoms with E-state index in [4.69, 9.17) is 28.3 Å². The van der Waals surface area contributed by atoms with Gasteiger partial charge in [-0.25, -0.2) is 8.42 Å². The zero-order valence-electron chi connectivity index (χ0n) is 25.6. The van der Waals surface area contributed by atoms with Gasteiger partial charge < -0.3 is 14.9 Å². The molecule has 3 aliphatic rings. The van der Waals surface area contributed by atoms with Crippen molar-refractivity contribution in [2.24, 2.45) is 11.8 Å². The normalized spacial score (nSPS) is 20.6. The second-order valence-electron chi connectivity index (χ2n) is 12.9. The van der Waals surface area contributed by atoms with Crippen LogP contribution < -0.4 is 0 Å². The molecule has 0 spiro atoms. The van der Waals surface area contributed by atoms with Crippen LogP contribution >= 0.6 is 23.2 Å². The lowest BCUT2D eigenvalue weighted by molar-refractivity contribution is 0.0576. The van der Waals surface area contributed by atoms with Gasteiger partial charge in [-0.3, -0.25) is 4.68 Å². The molecule has 0 unspecified atom stereocenters. The van der Waals surface area contributed by atoms with Gasteiger partial charge in [0.15, 0.2) is 0 Å². The molecule has 4 heterocycles. The Morgan fingerprint density at radius 3 is 2.20 bits per heavy atom. The molecule has 0 saturated carbocycles. The minimum Gasteiger partial charge on any atom is -0.390 e. The number of aromatic nitrogens is 2. The van der Waals surface area contributed by atoms with Crippen molar-refractivity contribution in [1.82, 2.24) is 23.9 Å². The predicted octanol–water partition coefficient (Wildman–Crippen LogP) is 5.26. The highest BCUT2D eigenvalue weighted by Crippen LogP contribution is 2.37. The van der Waals surface area contributed by atoms with E-state index in [1.807, 2.05) is 47.1 Å². The number of fused-ring (bicyclic) bond motifs is 1. The molecule has 2 aromatic carbocycles. The second kappa shape index (κ2) is 13.4. The number of β-amino-alcohol motifs (C(OH)–C–C–N with tert-alkyl or cyclic N) is 1. The molecule has 0 bridgehead atoms. The van der Waals surface area contributed by atoms with E-state index in [1.165, 1.54) is 49.3 Å². The number of likely N-dealkylation sites (tertiary alicyclic amines) is 2. The summed E-state index contributed by atoms with van der Waals surface area (Å²) < 4.78 is 28.5. The summed E-state index contributed by atoms with van der Waals surface area (Å²) in [5, 5.41) is 17.5. The fourth-order valence-electron chi connectivity index (χ4n) is 7.32. The molecule has 6 rings (SSSR count). The van der Waals surface area contributed by atoms with Gasteiger partial charge >= 0.3 is 0 Å². The first-order valence-corrected chi connectivity index (χ1v) is 18.3. The third kappa shape index (κ3) is 7.20. The highest BCUT2D eigenvalue weighted by molar-refractivity contribution is 7.88. The Hall–Kier alpha value is -1.98. The fourth-order valence-corrected chi connectivity index (χ4v) is 8.46. The quantitative estimate of drug-likeness (QED) is 0.356. The van der Waals surface area contributed by atoms with Crippen molar-refractivity contribution in [2.75, 3.05) is 52.6 Å². The first-order valence-electron chi connectivity index (χ1n) is 15.7. The average molecular weight is 661 g/mol. The van der Waals surface area contributed by atoms with Crippen LogP contribution in [-0.2, 0) is 29.5 Å². The van der Waals surface area contributed by atoms with Gasteiger partial charge in [-0.2, -0.15) is 9.40 Å². The molecule has 0 aliphatic carbocycles. The maximum absolute atomic E-state index is 12.5. The highest BCUT2D eigenvalue weighted by Gasteiger charge is 2.32. The Bertz CT molecular complexity index is 1560. The van der Waals surface area contributed by atoms with E-state index in [2.05, 4.69) is 16.8 Å². The number of benzene rings is 2. The van der Waals surface area contributed by atoms with Crippen LogP contribution in [0.25, 0.3) is 22.4 Å². The van der Waals surface area contributed by atoms with Gasteiger partial charge in [-0.05, 0) is 101 Å². The summed E-state index contributed by atoms with van der Waals surface area (Å²) in [7, 11) is -1.16. The molecule has 2 fully saturated rings. The van der Waals surface area contributed by atoms with E-state index in [0.717, 1.165) is 58.6 Å². The smallest absolute Gasteiger partial charge is 0.211 e. The molecule has 3 aromatic rings. The van der Waals surface area contributed by atoms with Crippen LogP contribution in [0.4, 0.5) is 0 Å². The first kappa shape index (κ1) is 32.0. The van der Waals surface area contributed by atoms with Crippen LogP contribution in [0.1, 0.15) is 36.9 Å². The molecule has 8 nitrogen and oxygen atoms in total. The molecule has 1 atom stereocenters. The Kier molecular flexibility index (Phi) is 9.74. The van der Waals surface area contributed by atoms with Crippen molar-refractivity contribution in [3.05, 3.63) is 63.8 Å². The number of aliphatic hydroxyl groups excluding tert-OH is 1. The van der Waals surface area contributed by atoms with E-state index in [0.29, 0.717) is 36.1 Å². The summed E-state index contributed by atoms with van der Waals surface area (Å²) in [6.45, 7) is 6.10. The third-order valence-electron chi connectivity index (χ3n) is 9.88. The van der Waals surface area contributed by atoms with Gasteiger partial charge in [-0.15, -0.1) is 0 Å². The van der Waals surface area contributed by atoms with Crippen LogP contribution in [0.3, 0.4) is 0 Å². The van der Waals surface area contributed by atoms with Crippen molar-refractivity contribution >= 4 is 33.2 Å². The van der Waals surface area contributed by atoms with Gasteiger partial charge in [0.1, 0.15) is 0 Å². The largest absolute Gasteiger partial charge is 0.390 e. The molecule has 1 aromatic heterocycles. The fraction of sp³-hybridized carbons (Fsp3) is 0.545. The van der Waals surface area contributed by atoms with E-state index in [1.54, 1.807) is 0 Å². The van der Waals surface area contributed by atoms with Crippen LogP contribution in [0.15, 0.2) is 42.5 Å². The van der Waals surface area contributed by atoms with Gasteiger partial charge in [0.25, 0.3) is 0 Å². The SMILES string of the molecule is CN1CCC(C2CCN(C[C@H](O)Cn3nc(-c4ccc(Cl)c(-c5ccc(Cl)cc5)c4)c4c3CCN(S(C)(=O)=O)C4)CC2)CC1. The standard InChI is InChI=1S/C33H43Cl2N5O3S/c1-37-14-9-23(10-15-37)24-11-16-38(17-12-24)20-28(41)21-40-32-13-18-39(44(2,42)43)22-30(32)33(36-40)26-5-8-31(35)29(19-26)25-3-6-27(34)7-4-25/h3-8,19,23-24,28,41H,9-18,20-22H2,1-2H3/t28-/m0/s1. The molecular formula is C33H43Cl2N5O3S. The molecule has 0 radical (unpaired) electrons. The molecule has 2 saturated heterocycles. The minimum absolute atomic E-state index is 0.253. The summed E-state index contributed by atoms with van der Waals surface area (Å²) in [5.41, 5.74) is 5.24. The van der Waals surface area contributed by atoms with E-state index in [9.17, 15) is 13.5 Å². The van der Waals surface area contributed by atoms with Crippen molar-refractivity contribution in [3.8, 4) is 22.4 Å². The van der Waals surface area contributed by atoms with Crippen molar-refractivity contribution in [3.63, 3.8) is 0 Å². The summed E-state index contributed by atoms with van der Waals surface area (Å²) >= 11 is 12.7. The third-order valence-corrected chi connectivity index (χ3v) is 11.7. The number of piperidine rings is 2. The molecule has 44 heavy (non-hydrogen) atoms. The average Bonchev–Trinajstić information content (AvgIpc) is 3.35. The van der Waals surface area contributed by atoms with E-state index < -0.39 is 16.1 Å². The summed E-state index contributed by atoms with van der Waals surface area (Å²) in [6, 6.07) is 13.3. The van der Waals surface area contributed by atoms with Crippen LogP contribution in [0, 0.1) is 11.8 Å². The van der Waals surface area contributed by atoms with Crippen LogP contribution in [-0.4, -0.2) is 96.1 Å². The van der Waals surface area contributed by atoms with Crippen molar-refractivity contribution in [1.29, 1.82) is 0 Å². The number of rotatable bonds is 8.